The fraction of sp³-hybridized carbons (Fsp3) is 0.0769. The van der Waals surface area contributed by atoms with E-state index < -0.39 is 0 Å². The minimum absolute atomic E-state index is 1.01. The molecule has 3 rings (SSSR count). The molecule has 0 fully saturated rings. The number of benzene rings is 1. The third kappa shape index (κ3) is 1.29. The lowest BCUT2D eigenvalue weighted by molar-refractivity contribution is 0.800. The van der Waals surface area contributed by atoms with Crippen molar-refractivity contribution in [3.05, 3.63) is 48.8 Å². The zero-order valence-electron chi connectivity index (χ0n) is 8.96. The number of fused-ring (bicyclic) bond motifs is 1. The molecule has 1 aromatic carbocycles. The number of pyridine rings is 1. The second kappa shape index (κ2) is 3.45. The molecule has 16 heavy (non-hydrogen) atoms. The molecule has 0 aliphatic heterocycles. The van der Waals surface area contributed by atoms with E-state index in [0.29, 0.717) is 0 Å². The van der Waals surface area contributed by atoms with Crippen LogP contribution in [0.4, 0.5) is 0 Å². The van der Waals surface area contributed by atoms with Crippen LogP contribution >= 0.6 is 0 Å². The monoisotopic (exact) mass is 209 g/mol. The second-order valence-corrected chi connectivity index (χ2v) is 3.73. The topological polar surface area (TPSA) is 30.7 Å². The number of nitrogens with zero attached hydrogens (tertiary/aromatic N) is 3. The smallest absolute Gasteiger partial charge is 0.100 e. The summed E-state index contributed by atoms with van der Waals surface area (Å²) in [6.07, 6.45) is 3.58. The van der Waals surface area contributed by atoms with Gasteiger partial charge in [-0.3, -0.25) is 9.67 Å². The molecular weight excluding hydrogens is 198 g/mol. The molecule has 0 radical (unpaired) electrons. The van der Waals surface area contributed by atoms with Crippen LogP contribution in [0.5, 0.6) is 0 Å². The van der Waals surface area contributed by atoms with Gasteiger partial charge in [-0.05, 0) is 18.2 Å². The predicted molar refractivity (Wildman–Crippen MR) is 63.9 cm³/mol. The van der Waals surface area contributed by atoms with Gasteiger partial charge in [-0.25, -0.2) is 0 Å². The Kier molecular flexibility index (Phi) is 1.96. The van der Waals surface area contributed by atoms with E-state index in [1.807, 2.05) is 36.0 Å². The summed E-state index contributed by atoms with van der Waals surface area (Å²) in [5.41, 5.74) is 3.27. The molecule has 78 valence electrons. The first kappa shape index (κ1) is 9.09. The third-order valence-electron chi connectivity index (χ3n) is 2.71. The van der Waals surface area contributed by atoms with Gasteiger partial charge in [0.1, 0.15) is 5.69 Å². The summed E-state index contributed by atoms with van der Waals surface area (Å²) in [6, 6.07) is 12.2. The van der Waals surface area contributed by atoms with E-state index in [9.17, 15) is 0 Å². The lowest BCUT2D eigenvalue weighted by atomic mass is 10.1. The zero-order valence-corrected chi connectivity index (χ0v) is 8.96. The van der Waals surface area contributed by atoms with E-state index in [1.165, 1.54) is 5.39 Å². The molecule has 0 bridgehead atoms. The Labute approximate surface area is 93.4 Å². The normalized spacial score (nSPS) is 10.8. The Morgan fingerprint density at radius 1 is 1.00 bits per heavy atom. The predicted octanol–water partition coefficient (Wildman–Crippen LogP) is 2.64. The molecular formula is C13H11N3. The molecule has 2 heterocycles. The molecule has 0 saturated heterocycles. The van der Waals surface area contributed by atoms with Gasteiger partial charge in [-0.1, -0.05) is 18.2 Å². The molecule has 0 aliphatic carbocycles. The van der Waals surface area contributed by atoms with Crippen molar-refractivity contribution in [3.63, 3.8) is 0 Å². The average Bonchev–Trinajstić information content (AvgIpc) is 2.69. The molecule has 0 amide bonds. The minimum atomic E-state index is 1.01. The molecule has 0 atom stereocenters. The van der Waals surface area contributed by atoms with Gasteiger partial charge in [-0.2, -0.15) is 5.10 Å². The first-order chi connectivity index (χ1) is 7.86. The van der Waals surface area contributed by atoms with Crippen molar-refractivity contribution in [2.24, 2.45) is 7.05 Å². The Balaban J connectivity index is 2.33. The average molecular weight is 209 g/mol. The molecule has 2 aromatic heterocycles. The summed E-state index contributed by atoms with van der Waals surface area (Å²) < 4.78 is 1.91. The first-order valence-corrected chi connectivity index (χ1v) is 5.18. The molecule has 0 aliphatic rings. The fourth-order valence-electron chi connectivity index (χ4n) is 1.94. The van der Waals surface area contributed by atoms with Gasteiger partial charge in [-0.15, -0.1) is 0 Å². The van der Waals surface area contributed by atoms with Crippen LogP contribution in [-0.2, 0) is 7.05 Å². The molecule has 0 spiro atoms. The van der Waals surface area contributed by atoms with Crippen LogP contribution in [0.15, 0.2) is 48.8 Å². The first-order valence-electron chi connectivity index (χ1n) is 5.18. The summed E-state index contributed by atoms with van der Waals surface area (Å²) >= 11 is 0. The van der Waals surface area contributed by atoms with E-state index in [4.69, 9.17) is 0 Å². The second-order valence-electron chi connectivity index (χ2n) is 3.73. The molecule has 3 aromatic rings. The Morgan fingerprint density at radius 3 is 2.56 bits per heavy atom. The van der Waals surface area contributed by atoms with Crippen molar-refractivity contribution in [2.45, 2.75) is 0 Å². The van der Waals surface area contributed by atoms with Crippen molar-refractivity contribution in [1.29, 1.82) is 0 Å². The Hall–Kier alpha value is -2.16. The van der Waals surface area contributed by atoms with Crippen molar-refractivity contribution >= 4 is 10.9 Å². The van der Waals surface area contributed by atoms with Crippen LogP contribution < -0.4 is 0 Å². The zero-order chi connectivity index (χ0) is 11.0. The lowest BCUT2D eigenvalue weighted by Crippen LogP contribution is -1.89. The van der Waals surface area contributed by atoms with Gasteiger partial charge < -0.3 is 0 Å². The van der Waals surface area contributed by atoms with Crippen LogP contribution in [0.2, 0.25) is 0 Å². The summed E-state index contributed by atoms with van der Waals surface area (Å²) in [4.78, 5) is 4.02. The number of aromatic nitrogens is 3. The third-order valence-corrected chi connectivity index (χ3v) is 2.71. The van der Waals surface area contributed by atoms with Gasteiger partial charge in [0, 0.05) is 30.4 Å². The van der Waals surface area contributed by atoms with Crippen LogP contribution in [0.25, 0.3) is 22.2 Å². The van der Waals surface area contributed by atoms with Crippen molar-refractivity contribution in [1.82, 2.24) is 14.8 Å². The summed E-state index contributed by atoms with van der Waals surface area (Å²) in [7, 11) is 1.97. The molecule has 0 N–H and O–H groups in total. The highest BCUT2D eigenvalue weighted by Gasteiger charge is 2.08. The minimum Gasteiger partial charge on any atom is -0.267 e. The van der Waals surface area contributed by atoms with Crippen LogP contribution in [-0.4, -0.2) is 14.8 Å². The number of aryl methyl sites for hydroxylation is 1. The van der Waals surface area contributed by atoms with Crippen molar-refractivity contribution in [3.8, 4) is 11.3 Å². The summed E-state index contributed by atoms with van der Waals surface area (Å²) in [5.74, 6) is 0. The van der Waals surface area contributed by atoms with E-state index in [2.05, 4.69) is 22.2 Å². The fourth-order valence-corrected chi connectivity index (χ4v) is 1.94. The van der Waals surface area contributed by atoms with Crippen LogP contribution in [0.3, 0.4) is 0 Å². The Bertz CT molecular complexity index is 626. The van der Waals surface area contributed by atoms with Crippen molar-refractivity contribution in [2.75, 3.05) is 0 Å². The van der Waals surface area contributed by atoms with Gasteiger partial charge in [0.25, 0.3) is 0 Å². The maximum absolute atomic E-state index is 4.55. The van der Waals surface area contributed by atoms with Gasteiger partial charge in [0.05, 0.1) is 5.52 Å². The molecule has 3 nitrogen and oxygen atoms in total. The van der Waals surface area contributed by atoms with E-state index >= 15 is 0 Å². The maximum Gasteiger partial charge on any atom is 0.100 e. The molecule has 0 saturated carbocycles. The highest BCUT2D eigenvalue weighted by atomic mass is 15.3. The Morgan fingerprint density at radius 2 is 1.75 bits per heavy atom. The number of hydrogen-bond donors (Lipinski definition) is 0. The van der Waals surface area contributed by atoms with Gasteiger partial charge >= 0.3 is 0 Å². The molecule has 3 heteroatoms. The highest BCUT2D eigenvalue weighted by molar-refractivity contribution is 5.93. The summed E-state index contributed by atoms with van der Waals surface area (Å²) in [5, 5.41) is 5.73. The number of hydrogen-bond acceptors (Lipinski definition) is 2. The van der Waals surface area contributed by atoms with E-state index in [-0.39, 0.29) is 0 Å². The van der Waals surface area contributed by atoms with Crippen LogP contribution in [0.1, 0.15) is 0 Å². The van der Waals surface area contributed by atoms with Crippen LogP contribution in [0, 0.1) is 0 Å². The number of rotatable bonds is 1. The van der Waals surface area contributed by atoms with E-state index in [1.54, 1.807) is 12.4 Å². The summed E-state index contributed by atoms with van der Waals surface area (Å²) in [6.45, 7) is 0. The largest absolute Gasteiger partial charge is 0.267 e. The highest BCUT2D eigenvalue weighted by Crippen LogP contribution is 2.26. The van der Waals surface area contributed by atoms with Gasteiger partial charge in [0.15, 0.2) is 0 Å². The van der Waals surface area contributed by atoms with E-state index in [0.717, 1.165) is 16.8 Å². The SMILES string of the molecule is Cn1nc(-c2ccncc2)c2ccccc21. The molecule has 0 unspecified atom stereocenters. The van der Waals surface area contributed by atoms with Gasteiger partial charge in [0.2, 0.25) is 0 Å². The standard InChI is InChI=1S/C13H11N3/c1-16-12-5-3-2-4-11(12)13(15-16)10-6-8-14-9-7-10/h2-9H,1H3. The lowest BCUT2D eigenvalue weighted by Gasteiger charge is -1.95. The number of para-hydroxylation sites is 1. The van der Waals surface area contributed by atoms with Crippen molar-refractivity contribution < 1.29 is 0 Å². The maximum atomic E-state index is 4.55. The quantitative estimate of drug-likeness (QED) is 0.616.